The first-order chi connectivity index (χ1) is 14.4. The lowest BCUT2D eigenvalue weighted by Crippen LogP contribution is -2.38. The van der Waals surface area contributed by atoms with Crippen molar-refractivity contribution >= 4 is 34.7 Å². The van der Waals surface area contributed by atoms with Crippen LogP contribution in [0.15, 0.2) is 48.2 Å². The molecule has 4 rings (SSSR count). The number of amides is 2. The summed E-state index contributed by atoms with van der Waals surface area (Å²) in [6.45, 7) is 5.58. The predicted molar refractivity (Wildman–Crippen MR) is 119 cm³/mol. The summed E-state index contributed by atoms with van der Waals surface area (Å²) in [5, 5.41) is 0.568. The number of carbonyl (C=O) groups excluding carboxylic acids is 2. The normalized spacial score (nSPS) is 17.9. The number of ether oxygens (including phenoxy) is 1. The first kappa shape index (κ1) is 20.5. The molecule has 2 aromatic carbocycles. The number of piperidine rings is 1. The third-order valence-corrected chi connectivity index (χ3v) is 6.17. The Kier molecular flexibility index (Phi) is 5.56. The Hall–Kier alpha value is -2.79. The van der Waals surface area contributed by atoms with E-state index in [1.807, 2.05) is 31.2 Å². The molecule has 0 aromatic heterocycles. The first-order valence-electron chi connectivity index (χ1n) is 10.2. The summed E-state index contributed by atoms with van der Waals surface area (Å²) in [7, 11) is 1.57. The molecule has 0 saturated carbocycles. The van der Waals surface area contributed by atoms with E-state index in [4.69, 9.17) is 16.3 Å². The van der Waals surface area contributed by atoms with Crippen molar-refractivity contribution in [3.8, 4) is 5.75 Å². The Morgan fingerprint density at radius 2 is 1.73 bits per heavy atom. The molecule has 30 heavy (non-hydrogen) atoms. The highest BCUT2D eigenvalue weighted by Gasteiger charge is 2.44. The van der Waals surface area contributed by atoms with Gasteiger partial charge in [0.2, 0.25) is 0 Å². The van der Waals surface area contributed by atoms with Gasteiger partial charge >= 0.3 is 0 Å². The molecule has 2 aromatic rings. The van der Waals surface area contributed by atoms with Gasteiger partial charge in [0.25, 0.3) is 11.8 Å². The largest absolute Gasteiger partial charge is 0.496 e. The third-order valence-electron chi connectivity index (χ3n) is 5.94. The van der Waals surface area contributed by atoms with Crippen LogP contribution in [0.5, 0.6) is 5.75 Å². The number of imide groups is 1. The number of hydrogen-bond acceptors (Lipinski definition) is 4. The van der Waals surface area contributed by atoms with Gasteiger partial charge in [-0.2, -0.15) is 0 Å². The second-order valence-corrected chi connectivity index (χ2v) is 8.41. The molecule has 156 valence electrons. The smallest absolute Gasteiger partial charge is 0.282 e. The molecule has 1 saturated heterocycles. The average molecular weight is 425 g/mol. The van der Waals surface area contributed by atoms with Crippen molar-refractivity contribution in [3.63, 3.8) is 0 Å². The molecule has 1 fully saturated rings. The van der Waals surface area contributed by atoms with Gasteiger partial charge in [0.05, 0.1) is 18.4 Å². The summed E-state index contributed by atoms with van der Waals surface area (Å²) >= 11 is 6.10. The Balaban J connectivity index is 1.86. The lowest BCUT2D eigenvalue weighted by molar-refractivity contribution is -0.120. The quantitative estimate of drug-likeness (QED) is 0.669. The van der Waals surface area contributed by atoms with Crippen LogP contribution in [-0.2, 0) is 9.59 Å². The lowest BCUT2D eigenvalue weighted by Gasteiger charge is -2.32. The van der Waals surface area contributed by atoms with Gasteiger partial charge in [-0.3, -0.25) is 9.59 Å². The fourth-order valence-corrected chi connectivity index (χ4v) is 4.45. The summed E-state index contributed by atoms with van der Waals surface area (Å²) in [6, 6.07) is 12.6. The number of benzene rings is 2. The maximum absolute atomic E-state index is 13.7. The molecule has 2 heterocycles. The molecule has 6 heteroatoms. The molecule has 5 nitrogen and oxygen atoms in total. The number of likely N-dealkylation sites (tertiary alicyclic amines) is 1. The standard InChI is InChI=1S/C24H25ClN2O3/c1-15-10-12-26(13-11-15)22-21(18-6-4-5-7-20(18)30-3)23(28)27(24(22)29)19-9-8-17(25)14-16(19)2/h4-9,14-15H,10-13H2,1-3H3. The summed E-state index contributed by atoms with van der Waals surface area (Å²) in [6.07, 6.45) is 1.98. The highest BCUT2D eigenvalue weighted by atomic mass is 35.5. The van der Waals surface area contributed by atoms with Crippen molar-refractivity contribution in [2.75, 3.05) is 25.1 Å². The van der Waals surface area contributed by atoms with E-state index in [9.17, 15) is 9.59 Å². The van der Waals surface area contributed by atoms with Crippen LogP contribution in [0.2, 0.25) is 5.02 Å². The van der Waals surface area contributed by atoms with Crippen LogP contribution in [-0.4, -0.2) is 36.9 Å². The second kappa shape index (κ2) is 8.15. The van der Waals surface area contributed by atoms with Crippen LogP contribution in [0.1, 0.15) is 30.9 Å². The zero-order valence-electron chi connectivity index (χ0n) is 17.4. The Labute approximate surface area is 181 Å². The summed E-state index contributed by atoms with van der Waals surface area (Å²) < 4.78 is 5.52. The van der Waals surface area contributed by atoms with Crippen LogP contribution >= 0.6 is 11.6 Å². The molecule has 2 aliphatic rings. The van der Waals surface area contributed by atoms with Crippen molar-refractivity contribution in [3.05, 3.63) is 64.3 Å². The molecule has 0 spiro atoms. The van der Waals surface area contributed by atoms with Gasteiger partial charge in [0.1, 0.15) is 11.4 Å². The minimum absolute atomic E-state index is 0.291. The molecule has 0 radical (unpaired) electrons. The Bertz CT molecular complexity index is 1040. The number of methoxy groups -OCH3 is 1. The summed E-state index contributed by atoms with van der Waals surface area (Å²) in [5.41, 5.74) is 2.84. The second-order valence-electron chi connectivity index (χ2n) is 7.97. The number of nitrogens with zero attached hydrogens (tertiary/aromatic N) is 2. The van der Waals surface area contributed by atoms with E-state index in [2.05, 4.69) is 11.8 Å². The van der Waals surface area contributed by atoms with Gasteiger partial charge in [0.15, 0.2) is 0 Å². The van der Waals surface area contributed by atoms with E-state index in [-0.39, 0.29) is 11.8 Å². The van der Waals surface area contributed by atoms with Gasteiger partial charge in [-0.25, -0.2) is 4.90 Å². The molecule has 2 amide bonds. The zero-order valence-corrected chi connectivity index (χ0v) is 18.2. The molecule has 0 N–H and O–H groups in total. The third kappa shape index (κ3) is 3.47. The number of aryl methyl sites for hydroxylation is 1. The van der Waals surface area contributed by atoms with Crippen LogP contribution in [0.25, 0.3) is 5.57 Å². The van der Waals surface area contributed by atoms with Gasteiger partial charge in [-0.1, -0.05) is 36.7 Å². The minimum atomic E-state index is -0.330. The maximum Gasteiger partial charge on any atom is 0.282 e. The lowest BCUT2D eigenvalue weighted by atomic mass is 9.97. The van der Waals surface area contributed by atoms with Crippen molar-refractivity contribution in [1.29, 1.82) is 0 Å². The predicted octanol–water partition coefficient (Wildman–Crippen LogP) is 4.67. The average Bonchev–Trinajstić information content (AvgIpc) is 2.99. The number of carbonyl (C=O) groups is 2. The van der Waals surface area contributed by atoms with E-state index in [0.29, 0.717) is 39.2 Å². The van der Waals surface area contributed by atoms with Crippen LogP contribution < -0.4 is 9.64 Å². The van der Waals surface area contributed by atoms with Crippen LogP contribution in [0, 0.1) is 12.8 Å². The van der Waals surface area contributed by atoms with Gasteiger partial charge in [-0.15, -0.1) is 0 Å². The van der Waals surface area contributed by atoms with E-state index in [0.717, 1.165) is 31.5 Å². The monoisotopic (exact) mass is 424 g/mol. The SMILES string of the molecule is COc1ccccc1C1=C(N2CCC(C)CC2)C(=O)N(c2ccc(Cl)cc2C)C1=O. The van der Waals surface area contributed by atoms with Crippen molar-refractivity contribution in [2.24, 2.45) is 5.92 Å². The van der Waals surface area contributed by atoms with E-state index in [1.54, 1.807) is 25.3 Å². The highest BCUT2D eigenvalue weighted by molar-refractivity contribution is 6.46. The molecule has 2 aliphatic heterocycles. The number of hydrogen-bond donors (Lipinski definition) is 0. The van der Waals surface area contributed by atoms with E-state index >= 15 is 0 Å². The molecule has 0 bridgehead atoms. The Morgan fingerprint density at radius 3 is 2.40 bits per heavy atom. The molecule has 0 unspecified atom stereocenters. The zero-order chi connectivity index (χ0) is 21.4. The number of halogens is 1. The molecule has 0 atom stereocenters. The topological polar surface area (TPSA) is 49.9 Å². The van der Waals surface area contributed by atoms with Crippen molar-refractivity contribution < 1.29 is 14.3 Å². The van der Waals surface area contributed by atoms with Gasteiger partial charge in [-0.05, 0) is 55.5 Å². The fraction of sp³-hybridized carbons (Fsp3) is 0.333. The van der Waals surface area contributed by atoms with E-state index in [1.165, 1.54) is 4.90 Å². The maximum atomic E-state index is 13.7. The van der Waals surface area contributed by atoms with Crippen LogP contribution in [0.3, 0.4) is 0 Å². The Morgan fingerprint density at radius 1 is 1.03 bits per heavy atom. The number of para-hydroxylation sites is 1. The fourth-order valence-electron chi connectivity index (χ4n) is 4.23. The molecular formula is C24H25ClN2O3. The van der Waals surface area contributed by atoms with Crippen molar-refractivity contribution in [2.45, 2.75) is 26.7 Å². The summed E-state index contributed by atoms with van der Waals surface area (Å²) in [5.74, 6) is 0.564. The van der Waals surface area contributed by atoms with Crippen LogP contribution in [0.4, 0.5) is 5.69 Å². The highest BCUT2D eigenvalue weighted by Crippen LogP contribution is 2.40. The molecule has 0 aliphatic carbocycles. The van der Waals surface area contributed by atoms with Crippen molar-refractivity contribution in [1.82, 2.24) is 4.90 Å². The minimum Gasteiger partial charge on any atom is -0.496 e. The van der Waals surface area contributed by atoms with Gasteiger partial charge < -0.3 is 9.64 Å². The van der Waals surface area contributed by atoms with Gasteiger partial charge in [0, 0.05) is 23.7 Å². The van der Waals surface area contributed by atoms with E-state index < -0.39 is 0 Å². The number of anilines is 1. The molecular weight excluding hydrogens is 400 g/mol. The first-order valence-corrected chi connectivity index (χ1v) is 10.6. The summed E-state index contributed by atoms with van der Waals surface area (Å²) in [4.78, 5) is 30.7. The number of rotatable bonds is 4.